The Hall–Kier alpha value is -1.30. The lowest BCUT2D eigenvalue weighted by molar-refractivity contribution is -0.292. The van der Waals surface area contributed by atoms with Crippen molar-refractivity contribution in [1.29, 1.82) is 0 Å². The highest BCUT2D eigenvalue weighted by Gasteiger charge is 2.81. The van der Waals surface area contributed by atoms with Crippen molar-refractivity contribution in [1.82, 2.24) is 4.90 Å². The Bertz CT molecular complexity index is 990. The Labute approximate surface area is 197 Å². The van der Waals surface area contributed by atoms with Gasteiger partial charge in [0, 0.05) is 42.0 Å². The summed E-state index contributed by atoms with van der Waals surface area (Å²) in [7, 11) is 3.62. The number of ether oxygens (including phenoxy) is 3. The maximum atomic E-state index is 11.5. The van der Waals surface area contributed by atoms with E-state index >= 15 is 0 Å². The third kappa shape index (κ3) is 2.31. The molecule has 0 aromatic heterocycles. The van der Waals surface area contributed by atoms with Crippen molar-refractivity contribution in [3.63, 3.8) is 0 Å². The summed E-state index contributed by atoms with van der Waals surface area (Å²) in [5, 5.41) is 11.5. The van der Waals surface area contributed by atoms with Crippen LogP contribution in [0.2, 0.25) is 0 Å². The molecule has 1 aromatic carbocycles. The Morgan fingerprint density at radius 2 is 2.00 bits per heavy atom. The number of benzene rings is 1. The van der Waals surface area contributed by atoms with Gasteiger partial charge < -0.3 is 19.3 Å². The van der Waals surface area contributed by atoms with Gasteiger partial charge in [-0.3, -0.25) is 4.90 Å². The minimum Gasteiger partial charge on any atom is -0.493 e. The second-order valence-corrected chi connectivity index (χ2v) is 12.4. The standard InChI is InChI=1S/C28H39NO4/c1-16(2)23(30)19-14-26-9-10-28(19,32-4)25-27(26)11-12-29(15-17-5-6-17)21(26)13-18-7-8-20(31-3)24(33-25)22(18)27/h7-8,16-17,19,21,23,25,30H,5-6,9-15H2,1-4H3/t19-,21-,23-,25-,26-,27+,28-/m1/s1. The molecule has 0 radical (unpaired) electrons. The molecule has 0 amide bonds. The van der Waals surface area contributed by atoms with E-state index in [4.69, 9.17) is 14.2 Å². The third-order valence-electron chi connectivity index (χ3n) is 11.0. The van der Waals surface area contributed by atoms with Crippen molar-refractivity contribution in [3.8, 4) is 11.5 Å². The summed E-state index contributed by atoms with van der Waals surface area (Å²) in [5.74, 6) is 3.02. The quantitative estimate of drug-likeness (QED) is 0.707. The molecule has 5 fully saturated rings. The van der Waals surface area contributed by atoms with Gasteiger partial charge in [-0.15, -0.1) is 0 Å². The van der Waals surface area contributed by atoms with Gasteiger partial charge in [0.2, 0.25) is 0 Å². The zero-order valence-electron chi connectivity index (χ0n) is 20.6. The smallest absolute Gasteiger partial charge is 0.165 e. The van der Waals surface area contributed by atoms with Crippen LogP contribution in [0.15, 0.2) is 12.1 Å². The SMILES string of the molecule is COc1ccc2c3c1O[C@H]1[C@@]4(OC)CC[C@@]5(C[C@@H]4[C@H](O)C(C)C)[C@@H](C2)N(CC2CC2)CC[C@]315. The summed E-state index contributed by atoms with van der Waals surface area (Å²) in [6.45, 7) is 6.70. The van der Waals surface area contributed by atoms with Crippen molar-refractivity contribution in [2.75, 3.05) is 27.3 Å². The molecule has 2 aliphatic heterocycles. The molecule has 33 heavy (non-hydrogen) atoms. The maximum absolute atomic E-state index is 11.5. The molecule has 2 heterocycles. The summed E-state index contributed by atoms with van der Waals surface area (Å²) in [4.78, 5) is 2.86. The normalized spacial score (nSPS) is 43.4. The number of nitrogens with zero attached hydrogens (tertiary/aromatic N) is 1. The lowest BCUT2D eigenvalue weighted by Gasteiger charge is -2.74. The first-order chi connectivity index (χ1) is 15.9. The van der Waals surface area contributed by atoms with Gasteiger partial charge in [-0.25, -0.2) is 0 Å². The van der Waals surface area contributed by atoms with E-state index < -0.39 is 5.60 Å². The van der Waals surface area contributed by atoms with E-state index in [1.807, 2.05) is 7.11 Å². The molecule has 180 valence electrons. The van der Waals surface area contributed by atoms with E-state index in [1.54, 1.807) is 7.11 Å². The molecular formula is C28H39NO4. The van der Waals surface area contributed by atoms with E-state index in [2.05, 4.69) is 30.9 Å². The molecule has 7 atom stereocenters. The van der Waals surface area contributed by atoms with E-state index in [0.717, 1.165) is 49.6 Å². The van der Waals surface area contributed by atoms with Crippen LogP contribution in [0.5, 0.6) is 11.5 Å². The van der Waals surface area contributed by atoms with Crippen LogP contribution >= 0.6 is 0 Å². The number of likely N-dealkylation sites (tertiary alicyclic amines) is 1. The second-order valence-electron chi connectivity index (χ2n) is 12.4. The van der Waals surface area contributed by atoms with Crippen LogP contribution < -0.4 is 9.47 Å². The zero-order chi connectivity index (χ0) is 22.8. The van der Waals surface area contributed by atoms with E-state index in [1.165, 1.54) is 36.9 Å². The summed E-state index contributed by atoms with van der Waals surface area (Å²) >= 11 is 0. The molecule has 5 heteroatoms. The minimum atomic E-state index is -0.451. The summed E-state index contributed by atoms with van der Waals surface area (Å²) in [6, 6.07) is 4.96. The van der Waals surface area contributed by atoms with E-state index in [9.17, 15) is 5.11 Å². The van der Waals surface area contributed by atoms with Crippen molar-refractivity contribution < 1.29 is 19.3 Å². The molecule has 4 saturated carbocycles. The van der Waals surface area contributed by atoms with Crippen LogP contribution in [0.25, 0.3) is 0 Å². The molecule has 4 bridgehead atoms. The topological polar surface area (TPSA) is 51.2 Å². The number of aliphatic hydroxyl groups is 1. The predicted octanol–water partition coefficient (Wildman–Crippen LogP) is 3.94. The fraction of sp³-hybridized carbons (Fsp3) is 0.786. The Kier molecular flexibility index (Phi) is 4.25. The lowest BCUT2D eigenvalue weighted by atomic mass is 9.34. The second kappa shape index (κ2) is 6.67. The van der Waals surface area contributed by atoms with Gasteiger partial charge in [0.15, 0.2) is 11.5 Å². The van der Waals surface area contributed by atoms with Gasteiger partial charge >= 0.3 is 0 Å². The first-order valence-electron chi connectivity index (χ1n) is 13.3. The molecule has 1 aromatic rings. The largest absolute Gasteiger partial charge is 0.493 e. The third-order valence-corrected chi connectivity index (χ3v) is 11.0. The number of hydrogen-bond acceptors (Lipinski definition) is 5. The Morgan fingerprint density at radius 1 is 1.18 bits per heavy atom. The van der Waals surface area contributed by atoms with E-state index in [-0.39, 0.29) is 34.9 Å². The van der Waals surface area contributed by atoms with Crippen LogP contribution in [0, 0.1) is 23.2 Å². The number of piperidine rings is 1. The van der Waals surface area contributed by atoms with Gasteiger partial charge in [0.05, 0.1) is 13.2 Å². The van der Waals surface area contributed by atoms with Gasteiger partial charge in [-0.2, -0.15) is 0 Å². The molecule has 8 rings (SSSR count). The highest BCUT2D eigenvalue weighted by atomic mass is 16.6. The summed E-state index contributed by atoms with van der Waals surface area (Å²) < 4.78 is 19.4. The van der Waals surface area contributed by atoms with Crippen molar-refractivity contribution in [2.24, 2.45) is 23.2 Å². The van der Waals surface area contributed by atoms with Crippen LogP contribution in [-0.4, -0.2) is 61.2 Å². The van der Waals surface area contributed by atoms with Crippen molar-refractivity contribution in [3.05, 3.63) is 23.3 Å². The highest BCUT2D eigenvalue weighted by Crippen LogP contribution is 2.77. The fourth-order valence-electron chi connectivity index (χ4n) is 9.47. The van der Waals surface area contributed by atoms with Crippen LogP contribution in [0.4, 0.5) is 0 Å². The molecule has 0 unspecified atom stereocenters. The summed E-state index contributed by atoms with van der Waals surface area (Å²) in [6.07, 6.45) is 7.78. The number of rotatable bonds is 6. The predicted molar refractivity (Wildman–Crippen MR) is 126 cm³/mol. The van der Waals surface area contributed by atoms with Crippen LogP contribution in [0.1, 0.15) is 63.5 Å². The molecule has 5 aliphatic carbocycles. The van der Waals surface area contributed by atoms with E-state index in [0.29, 0.717) is 6.04 Å². The molecule has 7 aliphatic rings. The zero-order valence-corrected chi connectivity index (χ0v) is 20.6. The molecular weight excluding hydrogens is 414 g/mol. The lowest BCUT2D eigenvalue weighted by Crippen LogP contribution is -2.82. The number of hydrogen-bond donors (Lipinski definition) is 1. The number of aliphatic hydroxyl groups excluding tert-OH is 1. The molecule has 1 N–H and O–H groups in total. The average molecular weight is 454 g/mol. The highest BCUT2D eigenvalue weighted by molar-refractivity contribution is 5.63. The van der Waals surface area contributed by atoms with Gasteiger partial charge in [-0.05, 0) is 75.0 Å². The monoisotopic (exact) mass is 453 g/mol. The summed E-state index contributed by atoms with van der Waals surface area (Å²) in [5.41, 5.74) is 2.55. The van der Waals surface area contributed by atoms with Gasteiger partial charge in [-0.1, -0.05) is 19.9 Å². The molecule has 1 saturated heterocycles. The minimum absolute atomic E-state index is 0.0311. The molecule has 2 spiro atoms. The van der Waals surface area contributed by atoms with Crippen LogP contribution in [0.3, 0.4) is 0 Å². The van der Waals surface area contributed by atoms with Gasteiger partial charge in [0.25, 0.3) is 0 Å². The maximum Gasteiger partial charge on any atom is 0.165 e. The average Bonchev–Trinajstić information content (AvgIpc) is 3.56. The number of fused-ring (bicyclic) bond motifs is 2. The Morgan fingerprint density at radius 3 is 2.70 bits per heavy atom. The van der Waals surface area contributed by atoms with Crippen molar-refractivity contribution >= 4 is 0 Å². The van der Waals surface area contributed by atoms with Crippen LogP contribution in [-0.2, 0) is 16.6 Å². The molecule has 5 nitrogen and oxygen atoms in total. The first-order valence-corrected chi connectivity index (χ1v) is 13.3. The fourth-order valence-corrected chi connectivity index (χ4v) is 9.47. The number of methoxy groups -OCH3 is 2. The first kappa shape index (κ1) is 21.0. The van der Waals surface area contributed by atoms with Crippen molar-refractivity contribution in [2.45, 2.75) is 88.1 Å². The van der Waals surface area contributed by atoms with Gasteiger partial charge in [0.1, 0.15) is 11.7 Å². The Balaban J connectivity index is 1.46.